The van der Waals surface area contributed by atoms with Gasteiger partial charge in [-0.3, -0.25) is 9.10 Å². The van der Waals surface area contributed by atoms with Crippen LogP contribution in [0.3, 0.4) is 0 Å². The summed E-state index contributed by atoms with van der Waals surface area (Å²) in [5.41, 5.74) is 0.0876. The van der Waals surface area contributed by atoms with E-state index < -0.39 is 22.4 Å². The molecule has 1 heterocycles. The maximum atomic E-state index is 13.8. The van der Waals surface area contributed by atoms with E-state index in [2.05, 4.69) is 6.92 Å². The molecule has 174 valence electrons. The van der Waals surface area contributed by atoms with E-state index >= 15 is 0 Å². The van der Waals surface area contributed by atoms with Crippen LogP contribution in [0.4, 0.5) is 10.1 Å². The van der Waals surface area contributed by atoms with E-state index in [4.69, 9.17) is 21.1 Å². The van der Waals surface area contributed by atoms with Gasteiger partial charge in [0.05, 0.1) is 29.8 Å². The number of hydrogen-bond donors (Lipinski definition) is 0. The zero-order valence-electron chi connectivity index (χ0n) is 18.2. The summed E-state index contributed by atoms with van der Waals surface area (Å²) in [6.07, 6.45) is 1.88. The van der Waals surface area contributed by atoms with Crippen molar-refractivity contribution >= 4 is 33.2 Å². The van der Waals surface area contributed by atoms with Gasteiger partial charge >= 0.3 is 0 Å². The van der Waals surface area contributed by atoms with Gasteiger partial charge in [-0.05, 0) is 49.1 Å². The lowest BCUT2D eigenvalue weighted by Gasteiger charge is -2.33. The van der Waals surface area contributed by atoms with Crippen LogP contribution in [0.1, 0.15) is 19.8 Å². The van der Waals surface area contributed by atoms with Gasteiger partial charge in [0, 0.05) is 19.2 Å². The molecule has 3 rings (SSSR count). The van der Waals surface area contributed by atoms with Crippen LogP contribution in [-0.4, -0.2) is 53.1 Å². The van der Waals surface area contributed by atoms with Crippen molar-refractivity contribution in [1.29, 1.82) is 0 Å². The minimum atomic E-state index is -4.22. The van der Waals surface area contributed by atoms with Gasteiger partial charge in [-0.25, -0.2) is 12.8 Å². The number of benzene rings is 2. The number of sulfonamides is 1. The summed E-state index contributed by atoms with van der Waals surface area (Å²) in [5, 5.41) is -0.242. The average molecular weight is 485 g/mol. The van der Waals surface area contributed by atoms with Crippen LogP contribution in [0.5, 0.6) is 11.5 Å². The van der Waals surface area contributed by atoms with Crippen LogP contribution in [0.25, 0.3) is 0 Å². The molecule has 1 amide bonds. The Morgan fingerprint density at radius 1 is 1.19 bits per heavy atom. The summed E-state index contributed by atoms with van der Waals surface area (Å²) in [6, 6.07) is 7.70. The van der Waals surface area contributed by atoms with Crippen LogP contribution in [0, 0.1) is 11.7 Å². The molecule has 0 aromatic heterocycles. The molecule has 1 saturated heterocycles. The quantitative estimate of drug-likeness (QED) is 0.594. The van der Waals surface area contributed by atoms with Crippen LogP contribution >= 0.6 is 11.6 Å². The Hall–Kier alpha value is -2.52. The Kier molecular flexibility index (Phi) is 7.51. The third-order valence-electron chi connectivity index (χ3n) is 5.42. The number of nitrogens with zero attached hydrogens (tertiary/aromatic N) is 2. The van der Waals surface area contributed by atoms with Gasteiger partial charge in [0.25, 0.3) is 10.0 Å². The molecule has 0 N–H and O–H groups in total. The maximum Gasteiger partial charge on any atom is 0.264 e. The maximum absolute atomic E-state index is 13.8. The molecule has 0 saturated carbocycles. The molecule has 32 heavy (non-hydrogen) atoms. The predicted molar refractivity (Wildman–Crippen MR) is 120 cm³/mol. The molecule has 1 aliphatic heterocycles. The summed E-state index contributed by atoms with van der Waals surface area (Å²) in [7, 11) is -1.38. The van der Waals surface area contributed by atoms with Crippen molar-refractivity contribution in [3.8, 4) is 11.5 Å². The van der Waals surface area contributed by atoms with E-state index in [-0.39, 0.29) is 27.3 Å². The normalized spacial score (nSPS) is 16.5. The van der Waals surface area contributed by atoms with Crippen LogP contribution in [0.2, 0.25) is 5.02 Å². The second kappa shape index (κ2) is 9.95. The minimum absolute atomic E-state index is 0.0876. The number of likely N-dealkylation sites (tertiary alicyclic amines) is 1. The Balaban J connectivity index is 2.03. The first-order chi connectivity index (χ1) is 15.2. The van der Waals surface area contributed by atoms with Gasteiger partial charge in [-0.2, -0.15) is 0 Å². The third-order valence-corrected chi connectivity index (χ3v) is 7.48. The van der Waals surface area contributed by atoms with Crippen molar-refractivity contribution in [3.63, 3.8) is 0 Å². The molecule has 7 nitrogen and oxygen atoms in total. The number of halogens is 2. The average Bonchev–Trinajstić information content (AvgIpc) is 2.78. The molecule has 0 spiro atoms. The summed E-state index contributed by atoms with van der Waals surface area (Å²) >= 11 is 5.92. The number of piperidine rings is 1. The van der Waals surface area contributed by atoms with E-state index in [9.17, 15) is 17.6 Å². The highest BCUT2D eigenvalue weighted by atomic mass is 35.5. The standard InChI is InChI=1S/C22H26ClFN2O5S/c1-15-5-4-10-25(13-15)22(27)14-26(16-6-8-19(24)18(23)11-16)32(28,29)17-7-9-20(30-2)21(12-17)31-3/h6-9,11-12,15H,4-5,10,13-14H2,1-3H3. The first-order valence-electron chi connectivity index (χ1n) is 10.1. The van der Waals surface area contributed by atoms with Gasteiger partial charge in [-0.1, -0.05) is 18.5 Å². The molecular weight excluding hydrogens is 459 g/mol. The van der Waals surface area contributed by atoms with Crippen molar-refractivity contribution in [2.45, 2.75) is 24.7 Å². The van der Waals surface area contributed by atoms with Crippen molar-refractivity contribution in [2.24, 2.45) is 5.92 Å². The van der Waals surface area contributed by atoms with Gasteiger partial charge < -0.3 is 14.4 Å². The SMILES string of the molecule is COc1ccc(S(=O)(=O)N(CC(=O)N2CCCC(C)C2)c2ccc(F)c(Cl)c2)cc1OC. The lowest BCUT2D eigenvalue weighted by atomic mass is 10.0. The summed E-state index contributed by atoms with van der Waals surface area (Å²) in [4.78, 5) is 14.6. The van der Waals surface area contributed by atoms with E-state index in [0.29, 0.717) is 24.8 Å². The Labute approximate surface area is 192 Å². The van der Waals surface area contributed by atoms with Crippen LogP contribution in [0.15, 0.2) is 41.3 Å². The fraction of sp³-hybridized carbons (Fsp3) is 0.409. The second-order valence-corrected chi connectivity index (χ2v) is 9.98. The first kappa shape index (κ1) is 24.1. The van der Waals surface area contributed by atoms with Gasteiger partial charge in [0.2, 0.25) is 5.91 Å². The Morgan fingerprint density at radius 3 is 2.53 bits per heavy atom. The topological polar surface area (TPSA) is 76.2 Å². The highest BCUT2D eigenvalue weighted by molar-refractivity contribution is 7.92. The van der Waals surface area contributed by atoms with Gasteiger partial charge in [0.15, 0.2) is 11.5 Å². The van der Waals surface area contributed by atoms with Crippen molar-refractivity contribution in [2.75, 3.05) is 38.2 Å². The first-order valence-corrected chi connectivity index (χ1v) is 12.0. The zero-order valence-corrected chi connectivity index (χ0v) is 19.7. The van der Waals surface area contributed by atoms with Crippen LogP contribution < -0.4 is 13.8 Å². The van der Waals surface area contributed by atoms with Gasteiger partial charge in [0.1, 0.15) is 12.4 Å². The number of methoxy groups -OCH3 is 2. The number of amides is 1. The van der Waals surface area contributed by atoms with Crippen molar-refractivity contribution in [3.05, 3.63) is 47.2 Å². The number of hydrogen-bond acceptors (Lipinski definition) is 5. The lowest BCUT2D eigenvalue weighted by molar-refractivity contribution is -0.131. The molecule has 0 aliphatic carbocycles. The number of rotatable bonds is 7. The number of ether oxygens (including phenoxy) is 2. The molecule has 1 fully saturated rings. The summed E-state index contributed by atoms with van der Waals surface area (Å²) < 4.78 is 52.3. The zero-order chi connectivity index (χ0) is 23.5. The molecule has 1 atom stereocenters. The molecule has 0 radical (unpaired) electrons. The fourth-order valence-corrected chi connectivity index (χ4v) is 5.29. The largest absolute Gasteiger partial charge is 0.493 e. The molecule has 1 aliphatic rings. The predicted octanol–water partition coefficient (Wildman–Crippen LogP) is 3.95. The molecular formula is C22H26ClFN2O5S. The molecule has 2 aromatic rings. The second-order valence-electron chi connectivity index (χ2n) is 7.71. The third kappa shape index (κ3) is 5.10. The Morgan fingerprint density at radius 2 is 1.91 bits per heavy atom. The molecule has 10 heteroatoms. The molecule has 2 aromatic carbocycles. The fourth-order valence-electron chi connectivity index (χ4n) is 3.70. The Bertz CT molecular complexity index is 1100. The smallest absolute Gasteiger partial charge is 0.264 e. The minimum Gasteiger partial charge on any atom is -0.493 e. The van der Waals surface area contributed by atoms with Crippen molar-refractivity contribution in [1.82, 2.24) is 4.90 Å². The van der Waals surface area contributed by atoms with Crippen molar-refractivity contribution < 1.29 is 27.1 Å². The van der Waals surface area contributed by atoms with Gasteiger partial charge in [-0.15, -0.1) is 0 Å². The number of carbonyl (C=O) groups excluding carboxylic acids is 1. The van der Waals surface area contributed by atoms with Crippen LogP contribution in [-0.2, 0) is 14.8 Å². The number of anilines is 1. The molecule has 1 unspecified atom stereocenters. The van der Waals surface area contributed by atoms with E-state index in [1.165, 1.54) is 44.6 Å². The highest BCUT2D eigenvalue weighted by Crippen LogP contribution is 2.33. The number of carbonyl (C=O) groups is 1. The summed E-state index contributed by atoms with van der Waals surface area (Å²) in [5.74, 6) is -0.0944. The van der Waals surface area contributed by atoms with E-state index in [1.54, 1.807) is 4.90 Å². The highest BCUT2D eigenvalue weighted by Gasteiger charge is 2.31. The van der Waals surface area contributed by atoms with E-state index in [1.807, 2.05) is 0 Å². The molecule has 0 bridgehead atoms. The lowest BCUT2D eigenvalue weighted by Crippen LogP contribution is -2.46. The van der Waals surface area contributed by atoms with E-state index in [0.717, 1.165) is 23.2 Å². The monoisotopic (exact) mass is 484 g/mol. The summed E-state index contributed by atoms with van der Waals surface area (Å²) in [6.45, 7) is 2.74.